The zero-order valence-corrected chi connectivity index (χ0v) is 43.8. The minimum absolute atomic E-state index is 0.0711. The van der Waals surface area contributed by atoms with Gasteiger partial charge in [0.1, 0.15) is 50.4 Å². The van der Waals surface area contributed by atoms with E-state index in [-0.39, 0.29) is 36.7 Å². The van der Waals surface area contributed by atoms with Crippen LogP contribution >= 0.6 is 22.9 Å². The van der Waals surface area contributed by atoms with Gasteiger partial charge in [0.15, 0.2) is 5.82 Å². The van der Waals surface area contributed by atoms with Gasteiger partial charge in [0, 0.05) is 47.1 Å². The number of aliphatic carboxylic acids is 1. The largest absolute Gasteiger partial charge is 0.494 e. The van der Waals surface area contributed by atoms with Gasteiger partial charge in [-0.2, -0.15) is 4.31 Å². The molecule has 0 spiro atoms. The lowest BCUT2D eigenvalue weighted by Gasteiger charge is -2.24. The molecule has 376 valence electrons. The molecular formula is C53H58ClN9O7S2. The van der Waals surface area contributed by atoms with Crippen LogP contribution in [0.2, 0.25) is 5.02 Å². The van der Waals surface area contributed by atoms with E-state index in [0.717, 1.165) is 87.6 Å². The van der Waals surface area contributed by atoms with Crippen molar-refractivity contribution in [1.29, 1.82) is 0 Å². The molecule has 0 bridgehead atoms. The van der Waals surface area contributed by atoms with Crippen molar-refractivity contribution in [2.24, 2.45) is 12.0 Å². The molecule has 2 N–H and O–H groups in total. The smallest absolute Gasteiger partial charge is 0.304 e. The highest BCUT2D eigenvalue weighted by atomic mass is 35.5. The average molecular weight is 1030 g/mol. The monoisotopic (exact) mass is 1030 g/mol. The molecule has 1 amide bonds. The molecule has 2 aliphatic rings. The fourth-order valence-corrected chi connectivity index (χ4v) is 12.7. The first-order chi connectivity index (χ1) is 34.5. The molecule has 0 unspecified atom stereocenters. The van der Waals surface area contributed by atoms with Crippen molar-refractivity contribution in [2.45, 2.75) is 109 Å². The van der Waals surface area contributed by atoms with Gasteiger partial charge >= 0.3 is 5.97 Å². The second kappa shape index (κ2) is 20.9. The number of carbonyl (C=O) groups excluding carboxylic acids is 1. The van der Waals surface area contributed by atoms with Crippen molar-refractivity contribution in [2.75, 3.05) is 20.2 Å². The van der Waals surface area contributed by atoms with Gasteiger partial charge in [-0.25, -0.2) is 13.1 Å². The molecule has 72 heavy (non-hydrogen) atoms. The van der Waals surface area contributed by atoms with E-state index in [4.69, 9.17) is 26.1 Å². The maximum atomic E-state index is 14.4. The molecule has 5 heterocycles. The normalized spacial score (nSPS) is 16.7. The predicted octanol–water partition coefficient (Wildman–Crippen LogP) is 9.29. The summed E-state index contributed by atoms with van der Waals surface area (Å²) in [4.78, 5) is 32.3. The number of carbonyl (C=O) groups is 2. The Balaban J connectivity index is 0.811. The number of methoxy groups -OCH3 is 1. The molecule has 0 fully saturated rings. The van der Waals surface area contributed by atoms with Gasteiger partial charge in [0.2, 0.25) is 15.9 Å². The number of nitrogens with one attached hydrogen (secondary N) is 1. The molecule has 3 aromatic heterocycles. The van der Waals surface area contributed by atoms with E-state index >= 15 is 0 Å². The number of unbranched alkanes of at least 4 members (excludes halogenated alkanes) is 3. The second-order valence-corrected chi connectivity index (χ2v) is 22.3. The average Bonchev–Trinajstić information content (AvgIpc) is 3.97. The van der Waals surface area contributed by atoms with Crippen LogP contribution in [0.5, 0.6) is 11.5 Å². The number of aryl methyl sites for hydroxylation is 5. The highest BCUT2D eigenvalue weighted by Gasteiger charge is 2.35. The highest BCUT2D eigenvalue weighted by molar-refractivity contribution is 7.89. The fourth-order valence-electron chi connectivity index (χ4n) is 9.76. The van der Waals surface area contributed by atoms with Crippen LogP contribution in [0.15, 0.2) is 82.7 Å². The third-order valence-corrected chi connectivity index (χ3v) is 17.0. The van der Waals surface area contributed by atoms with Crippen LogP contribution in [0.3, 0.4) is 0 Å². The molecule has 19 heteroatoms. The molecule has 7 aromatic rings. The number of carboxylic acid groups (broad SMARTS) is 1. The summed E-state index contributed by atoms with van der Waals surface area (Å²) in [7, 11) is -0.677. The Morgan fingerprint density at radius 2 is 1.74 bits per heavy atom. The first-order valence-electron chi connectivity index (χ1n) is 24.1. The first-order valence-corrected chi connectivity index (χ1v) is 26.8. The lowest BCUT2D eigenvalue weighted by molar-refractivity contribution is -0.137. The number of thiophene rings is 1. The maximum Gasteiger partial charge on any atom is 0.304 e. The minimum Gasteiger partial charge on any atom is -0.494 e. The predicted molar refractivity (Wildman–Crippen MR) is 278 cm³/mol. The van der Waals surface area contributed by atoms with E-state index in [2.05, 4.69) is 39.7 Å². The highest BCUT2D eigenvalue weighted by Crippen LogP contribution is 2.41. The van der Waals surface area contributed by atoms with Gasteiger partial charge in [-0.15, -0.1) is 26.6 Å². The number of benzene rings is 4. The number of nitrogens with zero attached hydrogens (tertiary/aromatic N) is 8. The lowest BCUT2D eigenvalue weighted by atomic mass is 9.86. The van der Waals surface area contributed by atoms with Crippen LogP contribution in [0, 0.1) is 27.7 Å². The van der Waals surface area contributed by atoms with Crippen molar-refractivity contribution in [1.82, 2.24) is 39.4 Å². The van der Waals surface area contributed by atoms with Gasteiger partial charge < -0.3 is 19.9 Å². The molecule has 2 aliphatic heterocycles. The third-order valence-electron chi connectivity index (χ3n) is 13.7. The summed E-state index contributed by atoms with van der Waals surface area (Å²) in [6.07, 6.45) is 3.72. The number of carboxylic acids is 1. The van der Waals surface area contributed by atoms with Crippen molar-refractivity contribution in [3.05, 3.63) is 139 Å². The minimum atomic E-state index is -3.99. The molecule has 9 rings (SSSR count). The summed E-state index contributed by atoms with van der Waals surface area (Å²) in [6, 6.07) is 21.8. The van der Waals surface area contributed by atoms with E-state index in [1.165, 1.54) is 9.18 Å². The van der Waals surface area contributed by atoms with Crippen LogP contribution in [0.25, 0.3) is 16.0 Å². The van der Waals surface area contributed by atoms with Gasteiger partial charge in [-0.1, -0.05) is 66.1 Å². The van der Waals surface area contributed by atoms with Gasteiger partial charge in [0.25, 0.3) is 0 Å². The number of rotatable bonds is 17. The van der Waals surface area contributed by atoms with Crippen molar-refractivity contribution in [3.63, 3.8) is 0 Å². The van der Waals surface area contributed by atoms with E-state index in [0.29, 0.717) is 45.5 Å². The van der Waals surface area contributed by atoms with Gasteiger partial charge in [0.05, 0.1) is 32.2 Å². The van der Waals surface area contributed by atoms with Crippen LogP contribution in [0.1, 0.15) is 118 Å². The van der Waals surface area contributed by atoms with E-state index in [9.17, 15) is 23.1 Å². The van der Waals surface area contributed by atoms with E-state index in [1.54, 1.807) is 36.2 Å². The molecule has 4 aromatic carbocycles. The van der Waals surface area contributed by atoms with Crippen molar-refractivity contribution < 1.29 is 32.6 Å². The summed E-state index contributed by atoms with van der Waals surface area (Å²) in [5, 5.41) is 32.1. The number of halogens is 1. The third kappa shape index (κ3) is 10.3. The Morgan fingerprint density at radius 3 is 2.50 bits per heavy atom. The zero-order valence-electron chi connectivity index (χ0n) is 41.4. The molecular weight excluding hydrogens is 974 g/mol. The number of aliphatic imine (C=N–C) groups is 1. The zero-order chi connectivity index (χ0) is 51.0. The summed E-state index contributed by atoms with van der Waals surface area (Å²) in [5.41, 5.74) is 9.18. The standard InChI is InChI=1S/C53H58ClN9O7S2/c1-30-13-15-37(41(26-48(65)66)38-24-42-51(45(25-38)69-7)61(6)60-58-42)23-39(30)29-62-28-31(2)70-44-22-35(14-20-46(44)72(62,67)68)12-10-8-9-11-21-55-47(64)27-43-52-59-57-34(5)63(52)53-49(32(3)33(4)71-53)50(56-43)36-16-18-40(54)19-17-36/h13-20,22-25,31,41,43H,8-12,21,26-29H2,1-7H3,(H,55,64)(H,65,66)/t31-,41-,43+/m1/s1. The van der Waals surface area contributed by atoms with Crippen LogP contribution in [0.4, 0.5) is 0 Å². The number of hydrogen-bond donors (Lipinski definition) is 2. The summed E-state index contributed by atoms with van der Waals surface area (Å²) >= 11 is 7.94. The second-order valence-electron chi connectivity index (χ2n) is 18.8. The van der Waals surface area contributed by atoms with Gasteiger partial charge in [-0.3, -0.25) is 19.1 Å². The number of aromatic nitrogens is 6. The van der Waals surface area contributed by atoms with Crippen LogP contribution in [-0.2, 0) is 39.6 Å². The molecule has 0 saturated carbocycles. The maximum absolute atomic E-state index is 14.4. The van der Waals surface area contributed by atoms with Crippen LogP contribution < -0.4 is 14.8 Å². The van der Waals surface area contributed by atoms with Gasteiger partial charge in [-0.05, 0) is 124 Å². The summed E-state index contributed by atoms with van der Waals surface area (Å²) in [5.74, 6) is 0.572. The van der Waals surface area contributed by atoms with Crippen LogP contribution in [-0.4, -0.2) is 91.5 Å². The Morgan fingerprint density at radius 1 is 0.958 bits per heavy atom. The number of sulfonamides is 1. The number of fused-ring (bicyclic) bond motifs is 5. The Hall–Kier alpha value is -6.47. The number of amides is 1. The Labute approximate surface area is 428 Å². The molecule has 3 atom stereocenters. The quantitative estimate of drug-likeness (QED) is 0.0825. The first kappa shape index (κ1) is 50.5. The SMILES string of the molecule is COc1cc([C@H](CC(=O)O)c2ccc(C)c(CN3C[C@@H](C)Oc4cc(CCCCCCNC(=O)C[C@@H]5N=C(c6ccc(Cl)cc6)c6c(sc(C)c6C)-n6c(C)nnc65)ccc4S3(=O)=O)c2)cc2nnn(C)c12. The topological polar surface area (TPSA) is 196 Å². The fraction of sp³-hybridized carbons (Fsp3) is 0.377. The van der Waals surface area contributed by atoms with Crippen molar-refractivity contribution >= 4 is 61.6 Å². The van der Waals surface area contributed by atoms with E-state index < -0.39 is 34.1 Å². The Bertz CT molecular complexity index is 3350. The number of ether oxygens (including phenoxy) is 2. The lowest BCUT2D eigenvalue weighted by Crippen LogP contribution is -2.35. The van der Waals surface area contributed by atoms with Crippen molar-refractivity contribution in [3.8, 4) is 16.5 Å². The summed E-state index contributed by atoms with van der Waals surface area (Å²) in [6.45, 7) is 10.6. The van der Waals surface area contributed by atoms with E-state index in [1.807, 2.05) is 92.1 Å². The molecule has 0 aliphatic carbocycles. The molecule has 0 saturated heterocycles. The Kier molecular flexibility index (Phi) is 14.7. The molecule has 16 nitrogen and oxygen atoms in total. The molecule has 0 radical (unpaired) electrons. The summed E-state index contributed by atoms with van der Waals surface area (Å²) < 4.78 is 45.9. The number of hydrogen-bond acceptors (Lipinski definition) is 12.